The molecule has 172 valence electrons. The van der Waals surface area contributed by atoms with Gasteiger partial charge in [0, 0.05) is 39.8 Å². The minimum atomic E-state index is -3.25. The van der Waals surface area contributed by atoms with Gasteiger partial charge >= 0.3 is 0 Å². The predicted octanol–water partition coefficient (Wildman–Crippen LogP) is 1.45. The van der Waals surface area contributed by atoms with Gasteiger partial charge in [-0.3, -0.25) is 4.99 Å². The van der Waals surface area contributed by atoms with Gasteiger partial charge in [0.15, 0.2) is 5.96 Å². The van der Waals surface area contributed by atoms with Crippen LogP contribution in [0.25, 0.3) is 0 Å². The summed E-state index contributed by atoms with van der Waals surface area (Å²) in [5, 5.41) is 3.43. The van der Waals surface area contributed by atoms with E-state index in [1.807, 2.05) is 13.8 Å². The van der Waals surface area contributed by atoms with E-state index < -0.39 is 10.0 Å². The topological polar surface area (TPSA) is 77.5 Å². The molecule has 0 aromatic rings. The van der Waals surface area contributed by atoms with Gasteiger partial charge in [-0.1, -0.05) is 19.3 Å². The van der Waals surface area contributed by atoms with E-state index in [0.29, 0.717) is 26.2 Å². The number of nitrogens with zero attached hydrogens (tertiary/aromatic N) is 4. The molecule has 0 saturated carbocycles. The largest absolute Gasteiger partial charge is 0.378 e. The van der Waals surface area contributed by atoms with Crippen molar-refractivity contribution in [2.24, 2.45) is 4.99 Å². The Kier molecular flexibility index (Phi) is 12.8. The lowest BCUT2D eigenvalue weighted by atomic mass is 10.1. The first-order valence-electron chi connectivity index (χ1n) is 11.0. The number of unbranched alkanes of at least 4 members (excludes halogenated alkanes) is 4. The molecule has 0 aromatic carbocycles. The molecule has 1 aliphatic heterocycles. The molecule has 29 heavy (non-hydrogen) atoms. The van der Waals surface area contributed by atoms with Crippen molar-refractivity contribution in [3.05, 3.63) is 0 Å². The molecule has 0 spiro atoms. The highest BCUT2D eigenvalue weighted by Crippen LogP contribution is 2.09. The second kappa shape index (κ2) is 14.2. The first kappa shape index (κ1) is 26.1. The van der Waals surface area contributed by atoms with E-state index in [9.17, 15) is 8.42 Å². The maximum absolute atomic E-state index is 12.4. The fraction of sp³-hybridized carbons (Fsp3) is 0.950. The van der Waals surface area contributed by atoms with Crippen molar-refractivity contribution in [1.82, 2.24) is 19.4 Å². The quantitative estimate of drug-likeness (QED) is 0.269. The Bertz CT molecular complexity index is 558. The van der Waals surface area contributed by atoms with Gasteiger partial charge < -0.3 is 19.9 Å². The Morgan fingerprint density at radius 2 is 1.69 bits per heavy atom. The number of rotatable bonds is 13. The molecule has 0 atom stereocenters. The summed E-state index contributed by atoms with van der Waals surface area (Å²) >= 11 is 0. The fourth-order valence-corrected chi connectivity index (χ4v) is 4.60. The van der Waals surface area contributed by atoms with Gasteiger partial charge in [0.05, 0.1) is 18.5 Å². The predicted molar refractivity (Wildman–Crippen MR) is 121 cm³/mol. The SMILES string of the molecule is CN=C(NCCCCCCCN(C)C)N1CCN(S(=O)(=O)CCOC(C)C)CC1. The fourth-order valence-electron chi connectivity index (χ4n) is 3.31. The third-order valence-corrected chi connectivity index (χ3v) is 6.84. The summed E-state index contributed by atoms with van der Waals surface area (Å²) in [6, 6.07) is 0. The molecule has 0 aliphatic carbocycles. The zero-order valence-corrected chi connectivity index (χ0v) is 20.0. The molecule has 0 radical (unpaired) electrons. The molecule has 1 N–H and O–H groups in total. The zero-order chi connectivity index (χ0) is 21.7. The van der Waals surface area contributed by atoms with Crippen LogP contribution >= 0.6 is 0 Å². The maximum atomic E-state index is 12.4. The Hall–Kier alpha value is -0.900. The summed E-state index contributed by atoms with van der Waals surface area (Å²) in [6.07, 6.45) is 6.22. The van der Waals surface area contributed by atoms with Gasteiger partial charge in [-0.25, -0.2) is 8.42 Å². The van der Waals surface area contributed by atoms with Crippen molar-refractivity contribution in [2.75, 3.05) is 72.8 Å². The molecule has 8 nitrogen and oxygen atoms in total. The highest BCUT2D eigenvalue weighted by Gasteiger charge is 2.27. The van der Waals surface area contributed by atoms with E-state index in [-0.39, 0.29) is 18.5 Å². The van der Waals surface area contributed by atoms with Crippen molar-refractivity contribution in [1.29, 1.82) is 0 Å². The molecule has 0 unspecified atom stereocenters. The molecule has 0 aromatic heterocycles. The van der Waals surface area contributed by atoms with Gasteiger partial charge in [-0.05, 0) is 47.3 Å². The highest BCUT2D eigenvalue weighted by atomic mass is 32.2. The van der Waals surface area contributed by atoms with E-state index in [1.165, 1.54) is 25.7 Å². The minimum Gasteiger partial charge on any atom is -0.378 e. The van der Waals surface area contributed by atoms with E-state index in [0.717, 1.165) is 25.5 Å². The van der Waals surface area contributed by atoms with E-state index >= 15 is 0 Å². The molecule has 1 fully saturated rings. The van der Waals surface area contributed by atoms with E-state index in [1.54, 1.807) is 11.4 Å². The number of aliphatic imine (C=N–C) groups is 1. The molecule has 1 rings (SSSR count). The number of hydrogen-bond donors (Lipinski definition) is 1. The lowest BCUT2D eigenvalue weighted by Gasteiger charge is -2.35. The number of hydrogen-bond acceptors (Lipinski definition) is 5. The third-order valence-electron chi connectivity index (χ3n) is 5.00. The van der Waals surface area contributed by atoms with Crippen molar-refractivity contribution >= 4 is 16.0 Å². The molecule has 1 heterocycles. The molecule has 0 amide bonds. The average Bonchev–Trinajstić information content (AvgIpc) is 2.66. The number of nitrogens with one attached hydrogen (secondary N) is 1. The van der Waals surface area contributed by atoms with Gasteiger partial charge in [0.25, 0.3) is 0 Å². The maximum Gasteiger partial charge on any atom is 0.216 e. The van der Waals surface area contributed by atoms with Crippen LogP contribution in [0.3, 0.4) is 0 Å². The highest BCUT2D eigenvalue weighted by molar-refractivity contribution is 7.89. The van der Waals surface area contributed by atoms with Gasteiger partial charge in [-0.2, -0.15) is 4.31 Å². The van der Waals surface area contributed by atoms with Crippen LogP contribution in [0.1, 0.15) is 46.0 Å². The number of ether oxygens (including phenoxy) is 1. The van der Waals surface area contributed by atoms with Crippen LogP contribution in [-0.2, 0) is 14.8 Å². The van der Waals surface area contributed by atoms with Gasteiger partial charge in [-0.15, -0.1) is 0 Å². The minimum absolute atomic E-state index is 0.0483. The van der Waals surface area contributed by atoms with Crippen LogP contribution < -0.4 is 5.32 Å². The number of piperazine rings is 1. The summed E-state index contributed by atoms with van der Waals surface area (Å²) in [7, 11) is 2.77. The molecular weight excluding hydrogens is 390 g/mol. The van der Waals surface area contributed by atoms with Crippen LogP contribution in [0, 0.1) is 0 Å². The molecule has 1 saturated heterocycles. The summed E-state index contributed by atoms with van der Waals surface area (Å²) in [4.78, 5) is 8.75. The van der Waals surface area contributed by atoms with Crippen molar-refractivity contribution < 1.29 is 13.2 Å². The first-order chi connectivity index (χ1) is 13.8. The molecule has 1 aliphatic rings. The molecular formula is C20H43N5O3S. The van der Waals surface area contributed by atoms with Crippen molar-refractivity contribution in [2.45, 2.75) is 52.1 Å². The summed E-state index contributed by atoms with van der Waals surface area (Å²) < 4.78 is 31.9. The summed E-state index contributed by atoms with van der Waals surface area (Å²) in [6.45, 7) is 8.46. The lowest BCUT2D eigenvalue weighted by molar-refractivity contribution is 0.0904. The van der Waals surface area contributed by atoms with Gasteiger partial charge in [0.2, 0.25) is 10.0 Å². The summed E-state index contributed by atoms with van der Waals surface area (Å²) in [5.41, 5.74) is 0. The first-order valence-corrected chi connectivity index (χ1v) is 12.6. The average molecular weight is 434 g/mol. The smallest absolute Gasteiger partial charge is 0.216 e. The van der Waals surface area contributed by atoms with Crippen LogP contribution in [0.2, 0.25) is 0 Å². The normalized spacial score (nSPS) is 16.8. The van der Waals surface area contributed by atoms with Crippen LogP contribution in [0.15, 0.2) is 4.99 Å². The van der Waals surface area contributed by atoms with E-state index in [4.69, 9.17) is 4.74 Å². The Balaban J connectivity index is 2.24. The summed E-state index contributed by atoms with van der Waals surface area (Å²) in [5.74, 6) is 0.921. The number of sulfonamides is 1. The van der Waals surface area contributed by atoms with Crippen molar-refractivity contribution in [3.63, 3.8) is 0 Å². The van der Waals surface area contributed by atoms with Crippen LogP contribution in [0.5, 0.6) is 0 Å². The van der Waals surface area contributed by atoms with Crippen LogP contribution in [-0.4, -0.2) is 107 Å². The standard InChI is InChI=1S/C20H43N5O3S/c1-19(2)28-17-18-29(26,27)25-15-13-24(14-16-25)20(21-3)22-11-9-7-6-8-10-12-23(4)5/h19H,6-18H2,1-5H3,(H,21,22). The molecule has 9 heteroatoms. The monoisotopic (exact) mass is 433 g/mol. The second-order valence-electron chi connectivity index (χ2n) is 8.17. The zero-order valence-electron chi connectivity index (χ0n) is 19.2. The number of guanidine groups is 1. The van der Waals surface area contributed by atoms with E-state index in [2.05, 4.69) is 34.2 Å². The molecule has 0 bridgehead atoms. The van der Waals surface area contributed by atoms with Crippen LogP contribution in [0.4, 0.5) is 0 Å². The second-order valence-corrected chi connectivity index (χ2v) is 10.3. The third kappa shape index (κ3) is 11.2. The van der Waals surface area contributed by atoms with Crippen molar-refractivity contribution in [3.8, 4) is 0 Å². The Labute approximate surface area is 178 Å². The Morgan fingerprint density at radius 3 is 2.28 bits per heavy atom. The lowest BCUT2D eigenvalue weighted by Crippen LogP contribution is -2.54. The van der Waals surface area contributed by atoms with Gasteiger partial charge in [0.1, 0.15) is 0 Å². The Morgan fingerprint density at radius 1 is 1.07 bits per heavy atom.